The number of benzene rings is 1. The SMILES string of the molecule is Cc1ccc2c(C(=O)O)c(Cl)n(CC(C)C)c2c1. The summed E-state index contributed by atoms with van der Waals surface area (Å²) in [6.45, 7) is 6.86. The highest BCUT2D eigenvalue weighted by molar-refractivity contribution is 6.35. The van der Waals surface area contributed by atoms with E-state index >= 15 is 0 Å². The number of rotatable bonds is 3. The van der Waals surface area contributed by atoms with E-state index in [0.29, 0.717) is 23.0 Å². The molecular formula is C14H16ClNO2. The van der Waals surface area contributed by atoms with Crippen molar-refractivity contribution in [1.82, 2.24) is 4.57 Å². The zero-order valence-corrected chi connectivity index (χ0v) is 11.5. The lowest BCUT2D eigenvalue weighted by Gasteiger charge is -2.10. The molecule has 0 fully saturated rings. The Bertz CT molecular complexity index is 614. The van der Waals surface area contributed by atoms with E-state index in [2.05, 4.69) is 13.8 Å². The Labute approximate surface area is 111 Å². The molecular weight excluding hydrogens is 250 g/mol. The van der Waals surface area contributed by atoms with Crippen molar-refractivity contribution in [1.29, 1.82) is 0 Å². The Kier molecular flexibility index (Phi) is 3.35. The van der Waals surface area contributed by atoms with Crippen LogP contribution in [0.2, 0.25) is 5.15 Å². The van der Waals surface area contributed by atoms with Gasteiger partial charge in [-0.15, -0.1) is 0 Å². The van der Waals surface area contributed by atoms with E-state index in [4.69, 9.17) is 11.6 Å². The van der Waals surface area contributed by atoms with Crippen molar-refractivity contribution in [2.24, 2.45) is 5.92 Å². The number of aromatic carboxylic acids is 1. The Balaban J connectivity index is 2.79. The van der Waals surface area contributed by atoms with Crippen LogP contribution in [0.4, 0.5) is 0 Å². The van der Waals surface area contributed by atoms with E-state index in [1.807, 2.05) is 29.7 Å². The smallest absolute Gasteiger partial charge is 0.339 e. The predicted molar refractivity (Wildman–Crippen MR) is 73.5 cm³/mol. The first-order chi connectivity index (χ1) is 8.41. The molecule has 2 aromatic rings. The lowest BCUT2D eigenvalue weighted by atomic mass is 10.1. The fraction of sp³-hybridized carbons (Fsp3) is 0.357. The number of halogens is 1. The number of hydrogen-bond donors (Lipinski definition) is 1. The Morgan fingerprint density at radius 2 is 2.11 bits per heavy atom. The number of carboxylic acid groups (broad SMARTS) is 1. The predicted octanol–water partition coefficient (Wildman–Crippen LogP) is 3.96. The first-order valence-corrected chi connectivity index (χ1v) is 6.31. The van der Waals surface area contributed by atoms with Crippen LogP contribution in [-0.4, -0.2) is 15.6 Å². The lowest BCUT2D eigenvalue weighted by molar-refractivity contribution is 0.0699. The highest BCUT2D eigenvalue weighted by Gasteiger charge is 2.21. The van der Waals surface area contributed by atoms with Crippen molar-refractivity contribution in [3.05, 3.63) is 34.5 Å². The molecule has 0 aliphatic rings. The Morgan fingerprint density at radius 1 is 1.44 bits per heavy atom. The second-order valence-corrected chi connectivity index (χ2v) is 5.35. The molecule has 0 saturated carbocycles. The molecule has 1 aromatic heterocycles. The van der Waals surface area contributed by atoms with Crippen molar-refractivity contribution in [3.8, 4) is 0 Å². The van der Waals surface area contributed by atoms with Gasteiger partial charge < -0.3 is 9.67 Å². The minimum Gasteiger partial charge on any atom is -0.478 e. The van der Waals surface area contributed by atoms with Crippen LogP contribution < -0.4 is 0 Å². The van der Waals surface area contributed by atoms with Crippen molar-refractivity contribution in [2.45, 2.75) is 27.3 Å². The van der Waals surface area contributed by atoms with Gasteiger partial charge >= 0.3 is 5.97 Å². The standard InChI is InChI=1S/C14H16ClNO2/c1-8(2)7-16-11-6-9(3)4-5-10(11)12(13(16)15)14(17)18/h4-6,8H,7H2,1-3H3,(H,17,18). The highest BCUT2D eigenvalue weighted by Crippen LogP contribution is 2.31. The first kappa shape index (κ1) is 13.0. The Morgan fingerprint density at radius 3 is 2.67 bits per heavy atom. The molecule has 0 amide bonds. The lowest BCUT2D eigenvalue weighted by Crippen LogP contribution is -2.05. The van der Waals surface area contributed by atoms with Gasteiger partial charge in [0.25, 0.3) is 0 Å². The van der Waals surface area contributed by atoms with Crippen LogP contribution in [-0.2, 0) is 6.54 Å². The number of nitrogens with zero attached hydrogens (tertiary/aromatic N) is 1. The second kappa shape index (κ2) is 4.65. The van der Waals surface area contributed by atoms with E-state index in [9.17, 15) is 9.90 Å². The summed E-state index contributed by atoms with van der Waals surface area (Å²) in [4.78, 5) is 11.3. The van der Waals surface area contributed by atoms with Gasteiger partial charge in [-0.3, -0.25) is 0 Å². The molecule has 0 saturated heterocycles. The normalized spacial score (nSPS) is 11.4. The zero-order valence-electron chi connectivity index (χ0n) is 10.7. The number of aromatic nitrogens is 1. The van der Waals surface area contributed by atoms with Crippen LogP contribution in [0.25, 0.3) is 10.9 Å². The topological polar surface area (TPSA) is 42.2 Å². The molecule has 0 atom stereocenters. The molecule has 0 spiro atoms. The average molecular weight is 266 g/mol. The fourth-order valence-corrected chi connectivity index (χ4v) is 2.52. The minimum atomic E-state index is -0.976. The molecule has 2 rings (SSSR count). The van der Waals surface area contributed by atoms with E-state index in [1.54, 1.807) is 0 Å². The van der Waals surface area contributed by atoms with Crippen molar-refractivity contribution >= 4 is 28.5 Å². The van der Waals surface area contributed by atoms with Gasteiger partial charge in [0.15, 0.2) is 0 Å². The summed E-state index contributed by atoms with van der Waals surface area (Å²) in [5, 5.41) is 10.3. The molecule has 3 nitrogen and oxygen atoms in total. The number of carbonyl (C=O) groups is 1. The van der Waals surface area contributed by atoms with Crippen LogP contribution in [0.5, 0.6) is 0 Å². The summed E-state index contributed by atoms with van der Waals surface area (Å²) in [5.41, 5.74) is 2.19. The molecule has 0 aliphatic heterocycles. The van der Waals surface area contributed by atoms with E-state index in [0.717, 1.165) is 11.1 Å². The molecule has 0 unspecified atom stereocenters. The third kappa shape index (κ3) is 2.10. The third-order valence-electron chi connectivity index (χ3n) is 2.92. The van der Waals surface area contributed by atoms with Gasteiger partial charge in [0.05, 0.1) is 5.52 Å². The summed E-state index contributed by atoms with van der Waals surface area (Å²) >= 11 is 6.23. The van der Waals surface area contributed by atoms with Crippen molar-refractivity contribution in [2.75, 3.05) is 0 Å². The third-order valence-corrected chi connectivity index (χ3v) is 3.31. The molecule has 18 heavy (non-hydrogen) atoms. The van der Waals surface area contributed by atoms with Gasteiger partial charge in [0.1, 0.15) is 10.7 Å². The Hall–Kier alpha value is -1.48. The van der Waals surface area contributed by atoms with Gasteiger partial charge in [-0.2, -0.15) is 0 Å². The van der Waals surface area contributed by atoms with E-state index < -0.39 is 5.97 Å². The molecule has 1 N–H and O–H groups in total. The molecule has 4 heteroatoms. The summed E-state index contributed by atoms with van der Waals surface area (Å²) < 4.78 is 1.89. The number of aryl methyl sites for hydroxylation is 1. The molecule has 0 radical (unpaired) electrons. The summed E-state index contributed by atoms with van der Waals surface area (Å²) in [6.07, 6.45) is 0. The van der Waals surface area contributed by atoms with Gasteiger partial charge in [0, 0.05) is 11.9 Å². The van der Waals surface area contributed by atoms with Crippen LogP contribution in [0.1, 0.15) is 29.8 Å². The monoisotopic (exact) mass is 265 g/mol. The molecule has 0 bridgehead atoms. The number of fused-ring (bicyclic) bond motifs is 1. The van der Waals surface area contributed by atoms with Crippen LogP contribution in [0, 0.1) is 12.8 Å². The molecule has 0 aliphatic carbocycles. The van der Waals surface area contributed by atoms with E-state index in [1.165, 1.54) is 0 Å². The second-order valence-electron chi connectivity index (χ2n) is 5.00. The van der Waals surface area contributed by atoms with Crippen molar-refractivity contribution in [3.63, 3.8) is 0 Å². The van der Waals surface area contributed by atoms with Crippen molar-refractivity contribution < 1.29 is 9.90 Å². The molecule has 1 aromatic carbocycles. The summed E-state index contributed by atoms with van der Waals surface area (Å²) in [6, 6.07) is 5.72. The maximum atomic E-state index is 11.3. The van der Waals surface area contributed by atoms with Crippen LogP contribution >= 0.6 is 11.6 Å². The van der Waals surface area contributed by atoms with Gasteiger partial charge in [-0.25, -0.2) is 4.79 Å². The molecule has 1 heterocycles. The fourth-order valence-electron chi connectivity index (χ4n) is 2.18. The van der Waals surface area contributed by atoms with Crippen LogP contribution in [0.3, 0.4) is 0 Å². The maximum Gasteiger partial charge on any atom is 0.339 e. The minimum absolute atomic E-state index is 0.201. The zero-order chi connectivity index (χ0) is 13.4. The number of carboxylic acids is 1. The van der Waals surface area contributed by atoms with Gasteiger partial charge in [-0.05, 0) is 24.5 Å². The maximum absolute atomic E-state index is 11.3. The summed E-state index contributed by atoms with van der Waals surface area (Å²) in [5.74, 6) is -0.573. The van der Waals surface area contributed by atoms with Gasteiger partial charge in [-0.1, -0.05) is 37.6 Å². The molecule has 96 valence electrons. The average Bonchev–Trinajstić information content (AvgIpc) is 2.52. The van der Waals surface area contributed by atoms with Crippen LogP contribution in [0.15, 0.2) is 18.2 Å². The summed E-state index contributed by atoms with van der Waals surface area (Å²) in [7, 11) is 0. The van der Waals surface area contributed by atoms with E-state index in [-0.39, 0.29) is 5.56 Å². The highest BCUT2D eigenvalue weighted by atomic mass is 35.5. The largest absolute Gasteiger partial charge is 0.478 e. The first-order valence-electron chi connectivity index (χ1n) is 5.93. The number of hydrogen-bond acceptors (Lipinski definition) is 1. The van der Waals surface area contributed by atoms with Gasteiger partial charge in [0.2, 0.25) is 0 Å². The quantitative estimate of drug-likeness (QED) is 0.913.